The summed E-state index contributed by atoms with van der Waals surface area (Å²) in [6, 6.07) is 10.5. The second kappa shape index (κ2) is 10.7. The average molecular weight is 605 g/mol. The molecule has 1 N–H and O–H groups in total. The van der Waals surface area contributed by atoms with Crippen LogP contribution in [0.5, 0.6) is 0 Å². The van der Waals surface area contributed by atoms with Crippen molar-refractivity contribution >= 4 is 56.2 Å². The van der Waals surface area contributed by atoms with E-state index in [-0.39, 0.29) is 39.9 Å². The van der Waals surface area contributed by atoms with Gasteiger partial charge >= 0.3 is 0 Å². The third kappa shape index (κ3) is 5.58. The van der Waals surface area contributed by atoms with Gasteiger partial charge in [-0.1, -0.05) is 23.2 Å². The molecule has 2 aromatic carbocycles. The normalized spacial score (nSPS) is 15.2. The Morgan fingerprint density at radius 1 is 1.15 bits per heavy atom. The highest BCUT2D eigenvalue weighted by atomic mass is 35.5. The summed E-state index contributed by atoms with van der Waals surface area (Å²) in [4.78, 5) is 38.1. The van der Waals surface area contributed by atoms with Crippen molar-refractivity contribution in [3.63, 3.8) is 0 Å². The number of aromatic nitrogens is 3. The molecule has 1 aliphatic rings. The van der Waals surface area contributed by atoms with Crippen LogP contribution in [0.3, 0.4) is 0 Å². The number of sulfone groups is 1. The quantitative estimate of drug-likeness (QED) is 0.342. The average Bonchev–Trinajstić information content (AvgIpc) is 3.42. The van der Waals surface area contributed by atoms with E-state index in [1.807, 2.05) is 12.3 Å². The first-order valence-corrected chi connectivity index (χ1v) is 15.4. The highest BCUT2D eigenvalue weighted by Gasteiger charge is 2.32. The summed E-state index contributed by atoms with van der Waals surface area (Å²) in [5.74, 6) is 0.0152. The van der Waals surface area contributed by atoms with Crippen molar-refractivity contribution in [1.29, 1.82) is 0 Å². The van der Waals surface area contributed by atoms with E-state index in [2.05, 4.69) is 10.3 Å². The summed E-state index contributed by atoms with van der Waals surface area (Å²) in [7, 11) is -3.40. The van der Waals surface area contributed by atoms with E-state index in [0.29, 0.717) is 40.5 Å². The molecule has 3 heterocycles. The van der Waals surface area contributed by atoms with Crippen LogP contribution in [-0.2, 0) is 29.3 Å². The Labute approximate surface area is 239 Å². The third-order valence-electron chi connectivity index (χ3n) is 6.48. The van der Waals surface area contributed by atoms with Crippen LogP contribution in [0, 0.1) is 0 Å². The zero-order chi connectivity index (χ0) is 27.9. The van der Waals surface area contributed by atoms with E-state index in [9.17, 15) is 18.0 Å². The Morgan fingerprint density at radius 3 is 2.54 bits per heavy atom. The molecular weight excluding hydrogens is 581 g/mol. The number of carbonyl (C=O) groups is 1. The molecule has 5 rings (SSSR count). The number of halogens is 2. The second-order valence-electron chi connectivity index (χ2n) is 9.22. The molecule has 0 fully saturated rings. The maximum absolute atomic E-state index is 13.9. The number of hydrogen-bond donors (Lipinski definition) is 1. The van der Waals surface area contributed by atoms with Crippen molar-refractivity contribution < 1.29 is 13.2 Å². The van der Waals surface area contributed by atoms with Crippen molar-refractivity contribution in [2.45, 2.75) is 37.4 Å². The van der Waals surface area contributed by atoms with E-state index in [1.54, 1.807) is 34.7 Å². The van der Waals surface area contributed by atoms with Crippen molar-refractivity contribution in [1.82, 2.24) is 19.4 Å². The van der Waals surface area contributed by atoms with Gasteiger partial charge in [0.1, 0.15) is 0 Å². The molecule has 13 heteroatoms. The number of hydrogen-bond acceptors (Lipinski definition) is 8. The molecule has 0 saturated carbocycles. The van der Waals surface area contributed by atoms with Crippen LogP contribution in [0.15, 0.2) is 63.0 Å². The molecule has 202 valence electrons. The van der Waals surface area contributed by atoms with Gasteiger partial charge in [0.15, 0.2) is 9.84 Å². The monoisotopic (exact) mass is 603 g/mol. The van der Waals surface area contributed by atoms with Gasteiger partial charge in [-0.05, 0) is 55.8 Å². The number of benzene rings is 2. The van der Waals surface area contributed by atoms with Gasteiger partial charge in [-0.15, -0.1) is 11.3 Å². The first-order chi connectivity index (χ1) is 18.5. The molecule has 0 bridgehead atoms. The second-order valence-corrected chi connectivity index (χ2v) is 12.8. The SMILES string of the molecule is C[C@@H]1Cc2c(nc(NCc3cscn3)n(-c3ccc(S(C)(=O)=O)cc3)c2=O)CN1C(=O)c1ccc(Cl)c(Cl)c1. The van der Waals surface area contributed by atoms with Gasteiger partial charge in [0.2, 0.25) is 5.95 Å². The van der Waals surface area contributed by atoms with Gasteiger partial charge in [-0.25, -0.2) is 23.0 Å². The molecule has 0 saturated heterocycles. The van der Waals surface area contributed by atoms with Gasteiger partial charge in [0.25, 0.3) is 11.5 Å². The lowest BCUT2D eigenvalue weighted by Gasteiger charge is -2.34. The molecule has 0 unspecified atom stereocenters. The molecule has 2 aromatic heterocycles. The van der Waals surface area contributed by atoms with Crippen molar-refractivity contribution in [3.05, 3.63) is 96.3 Å². The zero-order valence-corrected chi connectivity index (χ0v) is 24.0. The smallest absolute Gasteiger partial charge is 0.263 e. The van der Waals surface area contributed by atoms with Crippen LogP contribution in [0.4, 0.5) is 5.95 Å². The number of nitrogens with zero attached hydrogens (tertiary/aromatic N) is 4. The summed E-state index contributed by atoms with van der Waals surface area (Å²) >= 11 is 13.6. The van der Waals surface area contributed by atoms with E-state index >= 15 is 0 Å². The number of carbonyl (C=O) groups excluding carboxylic acids is 1. The molecular formula is C26H23Cl2N5O4S2. The molecule has 0 spiro atoms. The van der Waals surface area contributed by atoms with Gasteiger partial charge in [0, 0.05) is 28.8 Å². The van der Waals surface area contributed by atoms with Gasteiger partial charge in [-0.2, -0.15) is 0 Å². The summed E-state index contributed by atoms with van der Waals surface area (Å²) in [6.45, 7) is 2.32. The number of fused-ring (bicyclic) bond motifs is 1. The Morgan fingerprint density at radius 2 is 1.90 bits per heavy atom. The minimum Gasteiger partial charge on any atom is -0.350 e. The third-order valence-corrected chi connectivity index (χ3v) is 8.98. The molecule has 9 nitrogen and oxygen atoms in total. The van der Waals surface area contributed by atoms with E-state index < -0.39 is 9.84 Å². The zero-order valence-electron chi connectivity index (χ0n) is 20.9. The maximum atomic E-state index is 13.9. The Kier molecular flexibility index (Phi) is 7.51. The van der Waals surface area contributed by atoms with Crippen LogP contribution in [-0.4, -0.2) is 46.1 Å². The number of amides is 1. The summed E-state index contributed by atoms with van der Waals surface area (Å²) in [5.41, 5.74) is 4.02. The number of thiazole rings is 1. The van der Waals surface area contributed by atoms with Crippen molar-refractivity contribution in [2.24, 2.45) is 0 Å². The highest BCUT2D eigenvalue weighted by Crippen LogP contribution is 2.28. The molecule has 1 atom stereocenters. The van der Waals surface area contributed by atoms with Crippen molar-refractivity contribution in [3.8, 4) is 5.69 Å². The lowest BCUT2D eigenvalue weighted by Crippen LogP contribution is -2.46. The van der Waals surface area contributed by atoms with Crippen LogP contribution in [0.2, 0.25) is 10.0 Å². The first-order valence-electron chi connectivity index (χ1n) is 11.8. The Bertz CT molecular complexity index is 1720. The Hall–Kier alpha value is -3.25. The predicted molar refractivity (Wildman–Crippen MR) is 152 cm³/mol. The van der Waals surface area contributed by atoms with E-state index in [1.165, 1.54) is 34.1 Å². The van der Waals surface area contributed by atoms with Gasteiger partial charge in [-0.3, -0.25) is 9.59 Å². The summed E-state index contributed by atoms with van der Waals surface area (Å²) in [5, 5.41) is 5.71. The minimum atomic E-state index is -3.40. The summed E-state index contributed by atoms with van der Waals surface area (Å²) in [6.07, 6.45) is 1.42. The maximum Gasteiger partial charge on any atom is 0.263 e. The lowest BCUT2D eigenvalue weighted by atomic mass is 9.98. The fourth-order valence-corrected chi connectivity index (χ4v) is 5.91. The standard InChI is InChI=1S/C26H23Cl2N5O4S2/c1-15-9-20-23(12-32(15)24(34)16-3-8-21(27)22(28)10-16)31-26(29-11-17-13-38-14-30-17)33(25(20)35)18-4-6-19(7-5-18)39(2,36)37/h3-8,10,13-15H,9,11-12H2,1-2H3,(H,29,31)/t15-/m1/s1. The van der Waals surface area contributed by atoms with Crippen LogP contribution >= 0.6 is 34.5 Å². The molecule has 0 aliphatic carbocycles. The number of anilines is 1. The van der Waals surface area contributed by atoms with Gasteiger partial charge in [0.05, 0.1) is 50.6 Å². The largest absolute Gasteiger partial charge is 0.350 e. The fraction of sp³-hybridized carbons (Fsp3) is 0.231. The molecule has 39 heavy (non-hydrogen) atoms. The molecule has 1 aliphatic heterocycles. The van der Waals surface area contributed by atoms with Gasteiger partial charge < -0.3 is 10.2 Å². The molecule has 1 amide bonds. The summed E-state index contributed by atoms with van der Waals surface area (Å²) < 4.78 is 25.3. The fourth-order valence-electron chi connectivity index (χ4n) is 4.42. The van der Waals surface area contributed by atoms with E-state index in [4.69, 9.17) is 28.2 Å². The minimum absolute atomic E-state index is 0.129. The van der Waals surface area contributed by atoms with Crippen LogP contribution < -0.4 is 10.9 Å². The lowest BCUT2D eigenvalue weighted by molar-refractivity contribution is 0.0653. The predicted octanol–water partition coefficient (Wildman–Crippen LogP) is 4.60. The molecule has 4 aromatic rings. The Balaban J connectivity index is 1.56. The number of nitrogens with one attached hydrogen (secondary N) is 1. The topological polar surface area (TPSA) is 114 Å². The highest BCUT2D eigenvalue weighted by molar-refractivity contribution is 7.90. The van der Waals surface area contributed by atoms with Crippen LogP contribution in [0.25, 0.3) is 5.69 Å². The first kappa shape index (κ1) is 27.3. The van der Waals surface area contributed by atoms with Crippen LogP contribution in [0.1, 0.15) is 34.2 Å². The number of rotatable bonds is 6. The van der Waals surface area contributed by atoms with Crippen molar-refractivity contribution in [2.75, 3.05) is 11.6 Å². The molecule has 0 radical (unpaired) electrons. The van der Waals surface area contributed by atoms with E-state index in [0.717, 1.165) is 11.9 Å².